The molecular formula is C16H13FN2O2. The maximum absolute atomic E-state index is 13.0. The van der Waals surface area contributed by atoms with Gasteiger partial charge in [0, 0.05) is 5.56 Å². The Kier molecular flexibility index (Phi) is 3.39. The fraction of sp³-hybridized carbons (Fsp3) is 0.125. The second kappa shape index (κ2) is 5.36. The molecule has 1 amide bonds. The van der Waals surface area contributed by atoms with Crippen molar-refractivity contribution in [2.45, 2.75) is 6.92 Å². The minimum Gasteiger partial charge on any atom is -0.442 e. The topological polar surface area (TPSA) is 50.7 Å². The van der Waals surface area contributed by atoms with Crippen LogP contribution in [0.1, 0.15) is 11.1 Å². The Morgan fingerprint density at radius 2 is 1.86 bits per heavy atom. The fourth-order valence-electron chi connectivity index (χ4n) is 2.26. The van der Waals surface area contributed by atoms with E-state index in [1.807, 2.05) is 25.1 Å². The smallest absolute Gasteiger partial charge is 0.428 e. The highest BCUT2D eigenvalue weighted by atomic mass is 19.1. The first kappa shape index (κ1) is 13.3. The number of nitrogens with zero attached hydrogens (tertiary/aromatic N) is 1. The molecule has 0 radical (unpaired) electrons. The Morgan fingerprint density at radius 1 is 1.14 bits per heavy atom. The average Bonchev–Trinajstić information content (AvgIpc) is 2.49. The van der Waals surface area contributed by atoms with Gasteiger partial charge in [0.15, 0.2) is 0 Å². The average molecular weight is 284 g/mol. The molecule has 21 heavy (non-hydrogen) atoms. The van der Waals surface area contributed by atoms with E-state index in [0.29, 0.717) is 5.71 Å². The molecule has 4 nitrogen and oxygen atoms in total. The fourth-order valence-corrected chi connectivity index (χ4v) is 2.26. The Labute approximate surface area is 121 Å². The van der Waals surface area contributed by atoms with Gasteiger partial charge in [-0.3, -0.25) is 0 Å². The molecule has 0 aliphatic carbocycles. The van der Waals surface area contributed by atoms with Gasteiger partial charge in [-0.15, -0.1) is 0 Å². The maximum Gasteiger partial charge on any atom is 0.428 e. The summed E-state index contributed by atoms with van der Waals surface area (Å²) in [6, 6.07) is 12.2. The molecule has 1 aliphatic heterocycles. The summed E-state index contributed by atoms with van der Waals surface area (Å²) in [4.78, 5) is 10.9. The lowest BCUT2D eigenvalue weighted by atomic mass is 9.97. The van der Waals surface area contributed by atoms with E-state index < -0.39 is 6.09 Å². The first-order valence-electron chi connectivity index (χ1n) is 6.50. The third-order valence-electron chi connectivity index (χ3n) is 3.34. The van der Waals surface area contributed by atoms with Crippen LogP contribution < -0.4 is 5.43 Å². The molecule has 0 saturated heterocycles. The van der Waals surface area contributed by atoms with Gasteiger partial charge >= 0.3 is 6.09 Å². The Bertz CT molecular complexity index is 724. The van der Waals surface area contributed by atoms with Crippen molar-refractivity contribution in [3.8, 4) is 11.1 Å². The van der Waals surface area contributed by atoms with Crippen molar-refractivity contribution in [1.82, 2.24) is 5.43 Å². The number of hydrogen-bond acceptors (Lipinski definition) is 3. The molecule has 2 aromatic rings. The van der Waals surface area contributed by atoms with Gasteiger partial charge in [-0.05, 0) is 41.8 Å². The summed E-state index contributed by atoms with van der Waals surface area (Å²) in [6.07, 6.45) is -0.543. The SMILES string of the molecule is Cc1cc(C2=NNC(=O)OC2)ccc1-c1ccc(F)cc1. The van der Waals surface area contributed by atoms with Crippen molar-refractivity contribution in [2.24, 2.45) is 5.10 Å². The van der Waals surface area contributed by atoms with Gasteiger partial charge in [0.05, 0.1) is 0 Å². The van der Waals surface area contributed by atoms with Gasteiger partial charge in [-0.1, -0.05) is 24.3 Å². The number of hydrazone groups is 1. The first-order chi connectivity index (χ1) is 10.1. The third-order valence-corrected chi connectivity index (χ3v) is 3.34. The molecule has 1 aliphatic rings. The quantitative estimate of drug-likeness (QED) is 0.920. The van der Waals surface area contributed by atoms with E-state index in [-0.39, 0.29) is 12.4 Å². The highest BCUT2D eigenvalue weighted by Crippen LogP contribution is 2.25. The van der Waals surface area contributed by atoms with Crippen molar-refractivity contribution < 1.29 is 13.9 Å². The van der Waals surface area contributed by atoms with Gasteiger partial charge in [-0.2, -0.15) is 5.10 Å². The molecule has 5 heteroatoms. The van der Waals surface area contributed by atoms with Crippen molar-refractivity contribution >= 4 is 11.8 Å². The second-order valence-corrected chi connectivity index (χ2v) is 4.78. The van der Waals surface area contributed by atoms with Crippen molar-refractivity contribution in [2.75, 3.05) is 6.61 Å². The Hall–Kier alpha value is -2.69. The van der Waals surface area contributed by atoms with E-state index >= 15 is 0 Å². The molecule has 0 bridgehead atoms. The minimum atomic E-state index is -0.543. The lowest BCUT2D eigenvalue weighted by molar-refractivity contribution is 0.157. The molecule has 0 spiro atoms. The zero-order valence-corrected chi connectivity index (χ0v) is 11.4. The van der Waals surface area contributed by atoms with E-state index in [1.165, 1.54) is 12.1 Å². The molecule has 0 aromatic heterocycles. The molecule has 2 aromatic carbocycles. The van der Waals surface area contributed by atoms with Gasteiger partial charge in [0.25, 0.3) is 0 Å². The number of nitrogens with one attached hydrogen (secondary N) is 1. The van der Waals surface area contributed by atoms with E-state index in [2.05, 4.69) is 10.5 Å². The van der Waals surface area contributed by atoms with E-state index in [0.717, 1.165) is 22.3 Å². The van der Waals surface area contributed by atoms with Crippen LogP contribution in [0.2, 0.25) is 0 Å². The van der Waals surface area contributed by atoms with Crippen LogP contribution in [0.3, 0.4) is 0 Å². The number of carbonyl (C=O) groups is 1. The summed E-state index contributed by atoms with van der Waals surface area (Å²) < 4.78 is 17.9. The Balaban J connectivity index is 1.93. The van der Waals surface area contributed by atoms with Crippen LogP contribution in [0.15, 0.2) is 47.6 Å². The molecule has 0 fully saturated rings. The number of hydrogen-bond donors (Lipinski definition) is 1. The zero-order chi connectivity index (χ0) is 14.8. The van der Waals surface area contributed by atoms with E-state index in [9.17, 15) is 9.18 Å². The summed E-state index contributed by atoms with van der Waals surface area (Å²) in [7, 11) is 0. The highest BCUT2D eigenvalue weighted by molar-refractivity contribution is 6.04. The van der Waals surface area contributed by atoms with Gasteiger partial charge in [0.2, 0.25) is 0 Å². The minimum absolute atomic E-state index is 0.154. The highest BCUT2D eigenvalue weighted by Gasteiger charge is 2.14. The monoisotopic (exact) mass is 284 g/mol. The summed E-state index contributed by atoms with van der Waals surface area (Å²) >= 11 is 0. The number of aryl methyl sites for hydroxylation is 1. The van der Waals surface area contributed by atoms with Crippen LogP contribution in [-0.4, -0.2) is 18.4 Å². The van der Waals surface area contributed by atoms with Crippen LogP contribution in [0.4, 0.5) is 9.18 Å². The standard InChI is InChI=1S/C16H13FN2O2/c1-10-8-12(15-9-21-16(20)19-18-15)4-7-14(10)11-2-5-13(17)6-3-11/h2-8H,9H2,1H3,(H,19,20). The van der Waals surface area contributed by atoms with Crippen LogP contribution in [-0.2, 0) is 4.74 Å². The summed E-state index contributed by atoms with van der Waals surface area (Å²) in [6.45, 7) is 2.13. The number of ether oxygens (including phenoxy) is 1. The predicted molar refractivity (Wildman–Crippen MR) is 77.6 cm³/mol. The third kappa shape index (κ3) is 2.76. The molecule has 106 valence electrons. The lowest BCUT2D eigenvalue weighted by Gasteiger charge is -2.14. The summed E-state index contributed by atoms with van der Waals surface area (Å²) in [5.74, 6) is -0.252. The number of amides is 1. The van der Waals surface area contributed by atoms with Crippen molar-refractivity contribution in [1.29, 1.82) is 0 Å². The summed E-state index contributed by atoms with van der Waals surface area (Å²) in [5.41, 5.74) is 6.87. The second-order valence-electron chi connectivity index (χ2n) is 4.78. The molecule has 1 N–H and O–H groups in total. The number of benzene rings is 2. The van der Waals surface area contributed by atoms with E-state index in [1.54, 1.807) is 12.1 Å². The van der Waals surface area contributed by atoms with Crippen LogP contribution in [0, 0.1) is 12.7 Å². The van der Waals surface area contributed by atoms with Crippen molar-refractivity contribution in [3.63, 3.8) is 0 Å². The van der Waals surface area contributed by atoms with Crippen molar-refractivity contribution in [3.05, 3.63) is 59.4 Å². The summed E-state index contributed by atoms with van der Waals surface area (Å²) in [5, 5.41) is 3.98. The molecular weight excluding hydrogens is 271 g/mol. The van der Waals surface area contributed by atoms with Gasteiger partial charge in [-0.25, -0.2) is 14.6 Å². The van der Waals surface area contributed by atoms with Gasteiger partial charge < -0.3 is 4.74 Å². The Morgan fingerprint density at radius 3 is 2.48 bits per heavy atom. The zero-order valence-electron chi connectivity index (χ0n) is 11.4. The first-order valence-corrected chi connectivity index (χ1v) is 6.50. The number of rotatable bonds is 2. The van der Waals surface area contributed by atoms with Crippen LogP contribution >= 0.6 is 0 Å². The molecule has 3 rings (SSSR count). The predicted octanol–water partition coefficient (Wildman–Crippen LogP) is 3.25. The normalized spacial score (nSPS) is 14.2. The maximum atomic E-state index is 13.0. The van der Waals surface area contributed by atoms with Gasteiger partial charge in [0.1, 0.15) is 18.1 Å². The molecule has 0 unspecified atom stereocenters. The molecule has 1 heterocycles. The van der Waals surface area contributed by atoms with Crippen LogP contribution in [0.25, 0.3) is 11.1 Å². The van der Waals surface area contributed by atoms with Crippen LogP contribution in [0.5, 0.6) is 0 Å². The number of halogens is 1. The molecule has 0 saturated carbocycles. The lowest BCUT2D eigenvalue weighted by Crippen LogP contribution is -2.30. The number of cyclic esters (lactones) is 1. The molecule has 0 atom stereocenters. The van der Waals surface area contributed by atoms with E-state index in [4.69, 9.17) is 4.74 Å². The number of carbonyl (C=O) groups excluding carboxylic acids is 1. The largest absolute Gasteiger partial charge is 0.442 e.